The van der Waals surface area contributed by atoms with Crippen LogP contribution in [0.3, 0.4) is 0 Å². The third-order valence-electron chi connectivity index (χ3n) is 12.3. The van der Waals surface area contributed by atoms with Gasteiger partial charge in [0.2, 0.25) is 0 Å². The highest BCUT2D eigenvalue weighted by molar-refractivity contribution is 6.17. The first kappa shape index (κ1) is 31.3. The maximum Gasteiger partial charge on any atom is 0.136 e. The van der Waals surface area contributed by atoms with Gasteiger partial charge in [-0.2, -0.15) is 0 Å². The lowest BCUT2D eigenvalue weighted by molar-refractivity contribution is 0.639. The number of fused-ring (bicyclic) bond motifs is 10. The van der Waals surface area contributed by atoms with Crippen LogP contribution in [0.4, 0.5) is 0 Å². The number of benzene rings is 8. The fourth-order valence-corrected chi connectivity index (χ4v) is 9.88. The van der Waals surface area contributed by atoms with Gasteiger partial charge in [-0.3, -0.25) is 0 Å². The van der Waals surface area contributed by atoms with Crippen LogP contribution in [-0.2, 0) is 0 Å². The summed E-state index contributed by atoms with van der Waals surface area (Å²) in [5, 5.41) is 8.56. The van der Waals surface area contributed by atoms with Crippen molar-refractivity contribution >= 4 is 71.5 Å². The van der Waals surface area contributed by atoms with Crippen molar-refractivity contribution in [3.05, 3.63) is 199 Å². The minimum absolute atomic E-state index is 0.203. The Hall–Kier alpha value is -7.10. The van der Waals surface area contributed by atoms with Crippen molar-refractivity contribution < 1.29 is 4.42 Å². The molecule has 0 saturated carbocycles. The average Bonchev–Trinajstić information content (AvgIpc) is 3.92. The second kappa shape index (κ2) is 11.9. The third-order valence-corrected chi connectivity index (χ3v) is 12.3. The van der Waals surface area contributed by atoms with Gasteiger partial charge in [0.15, 0.2) is 0 Å². The Morgan fingerprint density at radius 2 is 1.11 bits per heavy atom. The van der Waals surface area contributed by atoms with Crippen LogP contribution in [0.5, 0.6) is 0 Å². The number of allylic oxidation sites excluding steroid dienone is 1. The Labute approximate surface area is 324 Å². The molecule has 3 aromatic heterocycles. The predicted molar refractivity (Wildman–Crippen MR) is 234 cm³/mol. The summed E-state index contributed by atoms with van der Waals surface area (Å²) in [5.74, 6) is 0.453. The lowest BCUT2D eigenvalue weighted by Gasteiger charge is -2.28. The predicted octanol–water partition coefficient (Wildman–Crippen LogP) is 14.4. The van der Waals surface area contributed by atoms with E-state index in [-0.39, 0.29) is 11.8 Å². The Morgan fingerprint density at radius 3 is 1.98 bits per heavy atom. The molecule has 3 heterocycles. The maximum absolute atomic E-state index is 6.33. The highest BCUT2D eigenvalue weighted by Crippen LogP contribution is 2.47. The van der Waals surface area contributed by atoms with E-state index in [1.165, 1.54) is 82.8 Å². The Balaban J connectivity index is 1.06. The SMILES string of the molecule is CC1c2c(c3ccccc3n2-c2ccccc2)C=CC1c1ccc2c3ccccc3n(-c3cccc4c(-c5cccc6oc7ccccc7c56)cccc34)c2c1. The molecule has 3 heteroatoms. The van der Waals surface area contributed by atoms with Gasteiger partial charge in [0, 0.05) is 61.1 Å². The van der Waals surface area contributed by atoms with Crippen molar-refractivity contribution in [3.8, 4) is 22.5 Å². The van der Waals surface area contributed by atoms with Gasteiger partial charge in [0.25, 0.3) is 0 Å². The van der Waals surface area contributed by atoms with Crippen LogP contribution in [-0.4, -0.2) is 9.13 Å². The minimum Gasteiger partial charge on any atom is -0.456 e. The number of aromatic nitrogens is 2. The molecular weight excluding hydrogens is 681 g/mol. The molecule has 2 atom stereocenters. The van der Waals surface area contributed by atoms with Crippen molar-refractivity contribution in [3.63, 3.8) is 0 Å². The molecule has 3 nitrogen and oxygen atoms in total. The molecular formula is C53H36N2O. The second-order valence-corrected chi connectivity index (χ2v) is 15.2. The summed E-state index contributed by atoms with van der Waals surface area (Å²) in [7, 11) is 0. The molecule has 56 heavy (non-hydrogen) atoms. The first-order chi connectivity index (χ1) is 27.7. The quantitative estimate of drug-likeness (QED) is 0.178. The minimum atomic E-state index is 0.203. The van der Waals surface area contributed by atoms with E-state index in [1.54, 1.807) is 0 Å². The van der Waals surface area contributed by atoms with Crippen LogP contribution >= 0.6 is 0 Å². The van der Waals surface area contributed by atoms with Crippen molar-refractivity contribution in [1.82, 2.24) is 9.13 Å². The standard InChI is InChI=1S/C53H36N2O/c1-33-36(30-31-44-41-17-6-8-23-46(41)54(53(33)44)35-14-3-2-4-15-35)34-28-29-42-40-16-5-9-24-47(40)55(49(42)32-34)48-25-12-20-37-38(19-11-21-39(37)48)43-22-13-27-51-52(43)45-18-7-10-26-50(45)56-51/h2-33,36H,1H3. The summed E-state index contributed by atoms with van der Waals surface area (Å²) in [6.07, 6.45) is 4.81. The van der Waals surface area contributed by atoms with E-state index in [0.717, 1.165) is 21.9 Å². The fraction of sp³-hybridized carbons (Fsp3) is 0.0566. The first-order valence-corrected chi connectivity index (χ1v) is 19.6. The van der Waals surface area contributed by atoms with Crippen LogP contribution in [0.15, 0.2) is 186 Å². The van der Waals surface area contributed by atoms with Crippen LogP contribution in [0.2, 0.25) is 0 Å². The third kappa shape index (κ3) is 4.40. The highest BCUT2D eigenvalue weighted by Gasteiger charge is 2.31. The van der Waals surface area contributed by atoms with Gasteiger partial charge in [-0.05, 0) is 70.6 Å². The van der Waals surface area contributed by atoms with E-state index in [9.17, 15) is 0 Å². The van der Waals surface area contributed by atoms with Gasteiger partial charge in [-0.15, -0.1) is 0 Å². The molecule has 0 aliphatic heterocycles. The Kier molecular flexibility index (Phi) is 6.67. The van der Waals surface area contributed by atoms with Crippen LogP contribution < -0.4 is 0 Å². The van der Waals surface area contributed by atoms with Gasteiger partial charge < -0.3 is 13.6 Å². The van der Waals surface area contributed by atoms with E-state index >= 15 is 0 Å². The van der Waals surface area contributed by atoms with Gasteiger partial charge in [0.1, 0.15) is 11.2 Å². The summed E-state index contributed by atoms with van der Waals surface area (Å²) in [4.78, 5) is 0. The van der Waals surface area contributed by atoms with Gasteiger partial charge in [0.05, 0.1) is 22.2 Å². The molecule has 0 N–H and O–H groups in total. The topological polar surface area (TPSA) is 23.0 Å². The molecule has 0 bridgehead atoms. The molecule has 8 aromatic carbocycles. The molecule has 2 unspecified atom stereocenters. The molecule has 0 radical (unpaired) electrons. The van der Waals surface area contributed by atoms with Crippen LogP contribution in [0.25, 0.3) is 94.0 Å². The summed E-state index contributed by atoms with van der Waals surface area (Å²) in [6.45, 7) is 2.40. The van der Waals surface area contributed by atoms with E-state index < -0.39 is 0 Å². The zero-order valence-electron chi connectivity index (χ0n) is 30.9. The number of para-hydroxylation sites is 4. The molecule has 12 rings (SSSR count). The molecule has 0 spiro atoms. The second-order valence-electron chi connectivity index (χ2n) is 15.2. The highest BCUT2D eigenvalue weighted by atomic mass is 16.3. The van der Waals surface area contributed by atoms with E-state index in [2.05, 4.69) is 198 Å². The lowest BCUT2D eigenvalue weighted by Crippen LogP contribution is -2.14. The Morgan fingerprint density at radius 1 is 0.464 bits per heavy atom. The molecule has 0 fully saturated rings. The number of nitrogens with zero attached hydrogens (tertiary/aromatic N) is 2. The van der Waals surface area contributed by atoms with Crippen molar-refractivity contribution in [1.29, 1.82) is 0 Å². The number of hydrogen-bond acceptors (Lipinski definition) is 1. The first-order valence-electron chi connectivity index (χ1n) is 19.6. The zero-order valence-corrected chi connectivity index (χ0v) is 30.9. The van der Waals surface area contributed by atoms with Gasteiger partial charge >= 0.3 is 0 Å². The average molecular weight is 717 g/mol. The van der Waals surface area contributed by atoms with E-state index in [1.807, 2.05) is 6.07 Å². The molecule has 264 valence electrons. The van der Waals surface area contributed by atoms with Crippen LogP contribution in [0.1, 0.15) is 35.6 Å². The monoisotopic (exact) mass is 716 g/mol. The number of furan rings is 1. The van der Waals surface area contributed by atoms with E-state index in [0.29, 0.717) is 0 Å². The molecule has 0 saturated heterocycles. The molecule has 1 aliphatic carbocycles. The lowest BCUT2D eigenvalue weighted by atomic mass is 9.79. The summed E-state index contributed by atoms with van der Waals surface area (Å²) >= 11 is 0. The smallest absolute Gasteiger partial charge is 0.136 e. The van der Waals surface area contributed by atoms with Crippen molar-refractivity contribution in [2.75, 3.05) is 0 Å². The van der Waals surface area contributed by atoms with E-state index in [4.69, 9.17) is 4.42 Å². The number of rotatable bonds is 4. The largest absolute Gasteiger partial charge is 0.456 e. The Bertz CT molecular complexity index is 3390. The zero-order chi connectivity index (χ0) is 36.9. The van der Waals surface area contributed by atoms with Crippen molar-refractivity contribution in [2.24, 2.45) is 0 Å². The van der Waals surface area contributed by atoms with Gasteiger partial charge in [-0.25, -0.2) is 0 Å². The number of hydrogen-bond donors (Lipinski definition) is 0. The van der Waals surface area contributed by atoms with Crippen LogP contribution in [0, 0.1) is 0 Å². The molecule has 11 aromatic rings. The summed E-state index contributed by atoms with van der Waals surface area (Å²) in [5.41, 5.74) is 14.3. The molecule has 0 amide bonds. The summed E-state index contributed by atoms with van der Waals surface area (Å²) in [6, 6.07) is 64.0. The van der Waals surface area contributed by atoms with Gasteiger partial charge in [-0.1, -0.05) is 146 Å². The maximum atomic E-state index is 6.33. The molecule has 1 aliphatic rings. The fourth-order valence-electron chi connectivity index (χ4n) is 9.88. The normalized spacial score (nSPS) is 15.5. The summed E-state index contributed by atoms with van der Waals surface area (Å²) < 4.78 is 11.3. The van der Waals surface area contributed by atoms with Crippen molar-refractivity contribution in [2.45, 2.75) is 18.8 Å².